The predicted molar refractivity (Wildman–Crippen MR) is 39.9 cm³/mol. The topological polar surface area (TPSA) is 12.0 Å². The quantitative estimate of drug-likeness (QED) is 0.688. The number of hydrogen-bond acceptors (Lipinski definition) is 1. The molecular weight excluding hydrogens is 199 g/mol. The molecule has 1 radical (unpaired) electrons. The maximum Gasteiger partial charge on any atom is 0 e. The summed E-state index contributed by atoms with van der Waals surface area (Å²) < 4.78 is 0. The van der Waals surface area contributed by atoms with Crippen LogP contribution in [0.15, 0.2) is 0 Å². The largest absolute Gasteiger partial charge is 0.373 e. The van der Waals surface area contributed by atoms with E-state index >= 15 is 0 Å². The van der Waals surface area contributed by atoms with E-state index in [1.807, 2.05) is 0 Å². The van der Waals surface area contributed by atoms with Gasteiger partial charge in [-0.15, -0.1) is 12.6 Å². The molecule has 1 atom stereocenters. The molecule has 1 aliphatic carbocycles. The molecule has 10 heavy (non-hydrogen) atoms. The van der Waals surface area contributed by atoms with Crippen molar-refractivity contribution in [3.05, 3.63) is 13.3 Å². The minimum absolute atomic E-state index is 0. The SMILES string of the molecule is [CH2-]CNC1[CH-]CCCC1.[Y]. The smallest absolute Gasteiger partial charge is 0 e. The number of nitrogens with one attached hydrogen (secondary N) is 1. The summed E-state index contributed by atoms with van der Waals surface area (Å²) in [6.45, 7) is 4.61. The van der Waals surface area contributed by atoms with E-state index in [1.165, 1.54) is 25.7 Å². The third-order valence-corrected chi connectivity index (χ3v) is 1.83. The molecule has 0 aromatic carbocycles. The van der Waals surface area contributed by atoms with Crippen LogP contribution in [0.3, 0.4) is 0 Å². The summed E-state index contributed by atoms with van der Waals surface area (Å²) in [5.74, 6) is 0. The van der Waals surface area contributed by atoms with E-state index in [-0.39, 0.29) is 32.7 Å². The number of hydrogen-bond donors (Lipinski definition) is 1. The summed E-state index contributed by atoms with van der Waals surface area (Å²) in [5.41, 5.74) is 0. The molecule has 1 saturated carbocycles. The van der Waals surface area contributed by atoms with E-state index in [4.69, 9.17) is 0 Å². The Morgan fingerprint density at radius 1 is 1.50 bits per heavy atom. The van der Waals surface area contributed by atoms with Gasteiger partial charge in [0.2, 0.25) is 0 Å². The molecule has 0 saturated heterocycles. The van der Waals surface area contributed by atoms with E-state index in [2.05, 4.69) is 18.7 Å². The van der Waals surface area contributed by atoms with Crippen molar-refractivity contribution in [1.82, 2.24) is 5.32 Å². The fraction of sp³-hybridized carbons (Fsp3) is 0.750. The van der Waals surface area contributed by atoms with Crippen molar-refractivity contribution in [2.75, 3.05) is 6.54 Å². The van der Waals surface area contributed by atoms with E-state index in [0.29, 0.717) is 6.04 Å². The van der Waals surface area contributed by atoms with Crippen LogP contribution < -0.4 is 5.32 Å². The van der Waals surface area contributed by atoms with Crippen LogP contribution in [0, 0.1) is 13.3 Å². The van der Waals surface area contributed by atoms with Crippen molar-refractivity contribution in [3.63, 3.8) is 0 Å². The van der Waals surface area contributed by atoms with Gasteiger partial charge < -0.3 is 18.7 Å². The zero-order chi connectivity index (χ0) is 6.53. The van der Waals surface area contributed by atoms with Gasteiger partial charge in [-0.05, 0) is 0 Å². The Kier molecular flexibility index (Phi) is 7.47. The Labute approximate surface area is 89.2 Å². The van der Waals surface area contributed by atoms with Gasteiger partial charge in [-0.1, -0.05) is 19.3 Å². The summed E-state index contributed by atoms with van der Waals surface area (Å²) in [7, 11) is 0. The normalized spacial score (nSPS) is 25.5. The standard InChI is InChI=1S/C8H15N.Y/c1-2-9-8-6-4-3-5-7-8;/h6,8-9H,1-5,7H2;/q-2;. The van der Waals surface area contributed by atoms with Crippen LogP contribution in [0.5, 0.6) is 0 Å². The van der Waals surface area contributed by atoms with Crippen LogP contribution >= 0.6 is 0 Å². The zero-order valence-electron chi connectivity index (χ0n) is 6.47. The monoisotopic (exact) mass is 214 g/mol. The van der Waals surface area contributed by atoms with E-state index in [1.54, 1.807) is 0 Å². The van der Waals surface area contributed by atoms with Crippen LogP contribution in [-0.4, -0.2) is 12.6 Å². The molecule has 1 unspecified atom stereocenters. The fourth-order valence-electron chi connectivity index (χ4n) is 1.32. The maximum absolute atomic E-state index is 3.75. The van der Waals surface area contributed by atoms with Gasteiger partial charge in [0, 0.05) is 32.7 Å². The first kappa shape index (κ1) is 11.1. The molecule has 1 aliphatic rings. The van der Waals surface area contributed by atoms with Crippen LogP contribution in [-0.2, 0) is 32.7 Å². The van der Waals surface area contributed by atoms with Gasteiger partial charge in [0.15, 0.2) is 0 Å². The maximum atomic E-state index is 3.75. The predicted octanol–water partition coefficient (Wildman–Crippen LogP) is 1.55. The molecule has 0 aliphatic heterocycles. The van der Waals surface area contributed by atoms with Gasteiger partial charge in [-0.2, -0.15) is 6.42 Å². The molecule has 0 spiro atoms. The Hall–Kier alpha value is 1.06. The van der Waals surface area contributed by atoms with E-state index < -0.39 is 0 Å². The Bertz CT molecular complexity index is 66.9. The second-order valence-electron chi connectivity index (χ2n) is 2.58. The first-order valence-electron chi connectivity index (χ1n) is 3.79. The zero-order valence-corrected chi connectivity index (χ0v) is 9.31. The molecule has 0 amide bonds. The molecule has 0 heterocycles. The molecule has 1 fully saturated rings. The Morgan fingerprint density at radius 2 is 2.30 bits per heavy atom. The van der Waals surface area contributed by atoms with Crippen molar-refractivity contribution >= 4 is 0 Å². The third-order valence-electron chi connectivity index (χ3n) is 1.83. The minimum Gasteiger partial charge on any atom is -0.373 e. The average molecular weight is 214 g/mol. The van der Waals surface area contributed by atoms with Gasteiger partial charge in [0.1, 0.15) is 0 Å². The molecule has 1 rings (SSSR count). The average Bonchev–Trinajstić information content (AvgIpc) is 1.91. The van der Waals surface area contributed by atoms with Crippen LogP contribution in [0.25, 0.3) is 0 Å². The Balaban J connectivity index is 0.000000810. The van der Waals surface area contributed by atoms with E-state index in [9.17, 15) is 0 Å². The number of rotatable bonds is 2. The third kappa shape index (κ3) is 4.05. The summed E-state index contributed by atoms with van der Waals surface area (Å²) in [6, 6.07) is 0.663. The Morgan fingerprint density at radius 3 is 2.80 bits per heavy atom. The fourth-order valence-corrected chi connectivity index (χ4v) is 1.32. The van der Waals surface area contributed by atoms with Crippen molar-refractivity contribution in [1.29, 1.82) is 0 Å². The van der Waals surface area contributed by atoms with Crippen molar-refractivity contribution in [3.8, 4) is 0 Å². The molecule has 0 bridgehead atoms. The minimum atomic E-state index is 0. The molecule has 2 heteroatoms. The summed E-state index contributed by atoms with van der Waals surface area (Å²) in [4.78, 5) is 0. The van der Waals surface area contributed by atoms with Gasteiger partial charge in [-0.3, -0.25) is 0 Å². The van der Waals surface area contributed by atoms with Gasteiger partial charge in [0.25, 0.3) is 0 Å². The second kappa shape index (κ2) is 6.75. The van der Waals surface area contributed by atoms with Gasteiger partial charge in [-0.25, -0.2) is 0 Å². The molecule has 1 N–H and O–H groups in total. The van der Waals surface area contributed by atoms with E-state index in [0.717, 1.165) is 6.54 Å². The molecule has 0 aromatic rings. The first-order valence-corrected chi connectivity index (χ1v) is 3.79. The first-order chi connectivity index (χ1) is 4.43. The summed E-state index contributed by atoms with van der Waals surface area (Å²) in [5, 5.41) is 3.32. The second-order valence-corrected chi connectivity index (χ2v) is 2.58. The molecule has 1 nitrogen and oxygen atoms in total. The molecular formula is C8H15NY-2. The molecule has 0 aromatic heterocycles. The molecule has 57 valence electrons. The van der Waals surface area contributed by atoms with Gasteiger partial charge in [0.05, 0.1) is 0 Å². The van der Waals surface area contributed by atoms with Gasteiger partial charge >= 0.3 is 0 Å². The summed E-state index contributed by atoms with van der Waals surface area (Å²) >= 11 is 0. The van der Waals surface area contributed by atoms with Crippen molar-refractivity contribution in [2.45, 2.75) is 31.7 Å². The summed E-state index contributed by atoms with van der Waals surface area (Å²) in [6.07, 6.45) is 7.74. The van der Waals surface area contributed by atoms with Crippen LogP contribution in [0.1, 0.15) is 25.7 Å². The van der Waals surface area contributed by atoms with Crippen LogP contribution in [0.2, 0.25) is 0 Å². The van der Waals surface area contributed by atoms with Crippen molar-refractivity contribution < 1.29 is 32.7 Å². The van der Waals surface area contributed by atoms with Crippen molar-refractivity contribution in [2.24, 2.45) is 0 Å². The van der Waals surface area contributed by atoms with Crippen LogP contribution in [0.4, 0.5) is 0 Å².